The van der Waals surface area contributed by atoms with Gasteiger partial charge in [0.1, 0.15) is 5.56 Å². The predicted octanol–water partition coefficient (Wildman–Crippen LogP) is 4.18. The van der Waals surface area contributed by atoms with Gasteiger partial charge in [0, 0.05) is 13.1 Å². The Labute approximate surface area is 175 Å². The third-order valence-electron chi connectivity index (χ3n) is 4.80. The van der Waals surface area contributed by atoms with Gasteiger partial charge >= 0.3 is 0 Å². The summed E-state index contributed by atoms with van der Waals surface area (Å²) in [6.07, 6.45) is 1.93. The van der Waals surface area contributed by atoms with Crippen molar-refractivity contribution in [3.8, 4) is 11.6 Å². The van der Waals surface area contributed by atoms with E-state index in [1.54, 1.807) is 16.8 Å². The second-order valence-electron chi connectivity index (χ2n) is 6.84. The van der Waals surface area contributed by atoms with Crippen molar-refractivity contribution < 1.29 is 14.3 Å². The lowest BCUT2D eigenvalue weighted by Crippen LogP contribution is -2.36. The lowest BCUT2D eigenvalue weighted by Gasteiger charge is -2.26. The van der Waals surface area contributed by atoms with Crippen molar-refractivity contribution in [2.45, 2.75) is 26.7 Å². The number of unbranched alkanes of at least 4 members (excludes halogenated alkanes) is 1. The van der Waals surface area contributed by atoms with Crippen molar-refractivity contribution >= 4 is 29.0 Å². The topological polar surface area (TPSA) is 56.6 Å². The Morgan fingerprint density at radius 3 is 2.64 bits per heavy atom. The number of hydrogen-bond acceptors (Lipinski definition) is 5. The molecule has 1 saturated heterocycles. The van der Waals surface area contributed by atoms with Crippen LogP contribution in [0.15, 0.2) is 18.2 Å². The van der Waals surface area contributed by atoms with Crippen LogP contribution in [0.1, 0.15) is 35.8 Å². The smallest absolute Gasteiger partial charge is 0.244 e. The second kappa shape index (κ2) is 9.74. The molecule has 0 radical (unpaired) electrons. The molecule has 0 atom stereocenters. The molecule has 1 fully saturated rings. The predicted molar refractivity (Wildman–Crippen MR) is 110 cm³/mol. The summed E-state index contributed by atoms with van der Waals surface area (Å²) in [7, 11) is 0. The number of morpholine rings is 1. The Balaban J connectivity index is 1.65. The molecule has 1 aliphatic heterocycles. The Hall–Kier alpha value is -1.60. The number of halogens is 2. The Bertz CT molecular complexity index is 832. The first-order chi connectivity index (χ1) is 13.5. The number of carbonyl (C=O) groups is 1. The quantitative estimate of drug-likeness (QED) is 0.468. The number of Topliss-reactive ketones (excluding diaryl/α,β-unsaturated/α-hetero) is 1. The monoisotopic (exact) mass is 425 g/mol. The Kier molecular flexibility index (Phi) is 7.35. The molecule has 0 spiro atoms. The molecule has 2 aromatic rings. The van der Waals surface area contributed by atoms with Gasteiger partial charge in [-0.05, 0) is 51.4 Å². The molecule has 1 aromatic carbocycles. The maximum atomic E-state index is 12.1. The molecule has 0 saturated carbocycles. The van der Waals surface area contributed by atoms with Crippen molar-refractivity contribution in [2.75, 3.05) is 39.5 Å². The summed E-state index contributed by atoms with van der Waals surface area (Å²) < 4.78 is 12.9. The van der Waals surface area contributed by atoms with E-state index in [4.69, 9.17) is 32.7 Å². The summed E-state index contributed by atoms with van der Waals surface area (Å²) >= 11 is 12.1. The molecule has 8 heteroatoms. The summed E-state index contributed by atoms with van der Waals surface area (Å²) in [5.74, 6) is 0.287. The van der Waals surface area contributed by atoms with Gasteiger partial charge in [-0.3, -0.25) is 9.69 Å². The van der Waals surface area contributed by atoms with Crippen molar-refractivity contribution in [1.29, 1.82) is 0 Å². The SMILES string of the molecule is CC(=O)c1c(OCCCCN2CCOCC2)nn(-c2ccc(Cl)c(Cl)c2)c1C. The largest absolute Gasteiger partial charge is 0.476 e. The highest BCUT2D eigenvalue weighted by Crippen LogP contribution is 2.28. The van der Waals surface area contributed by atoms with Gasteiger partial charge in [-0.15, -0.1) is 5.10 Å². The highest BCUT2D eigenvalue weighted by atomic mass is 35.5. The standard InChI is InChI=1S/C20H25Cl2N3O3/c1-14-19(15(2)26)20(23-25(14)16-5-6-17(21)18(22)13-16)28-10-4-3-7-24-8-11-27-12-9-24/h5-6,13H,3-4,7-12H2,1-2H3. The van der Waals surface area contributed by atoms with Gasteiger partial charge in [0.05, 0.1) is 41.2 Å². The zero-order chi connectivity index (χ0) is 20.1. The number of ether oxygens (including phenoxy) is 2. The molecule has 6 nitrogen and oxygen atoms in total. The minimum absolute atomic E-state index is 0.0767. The van der Waals surface area contributed by atoms with Gasteiger partial charge in [-0.1, -0.05) is 23.2 Å². The fourth-order valence-electron chi connectivity index (χ4n) is 3.28. The summed E-state index contributed by atoms with van der Waals surface area (Å²) in [6, 6.07) is 5.24. The molecule has 2 heterocycles. The molecule has 152 valence electrons. The van der Waals surface area contributed by atoms with E-state index in [0.29, 0.717) is 33.8 Å². The van der Waals surface area contributed by atoms with Gasteiger partial charge in [-0.25, -0.2) is 4.68 Å². The Morgan fingerprint density at radius 1 is 1.21 bits per heavy atom. The van der Waals surface area contributed by atoms with E-state index >= 15 is 0 Å². The third-order valence-corrected chi connectivity index (χ3v) is 5.53. The van der Waals surface area contributed by atoms with Crippen LogP contribution in [0, 0.1) is 6.92 Å². The highest BCUT2D eigenvalue weighted by Gasteiger charge is 2.21. The lowest BCUT2D eigenvalue weighted by molar-refractivity contribution is 0.0367. The molecular formula is C20H25Cl2N3O3. The first-order valence-electron chi connectivity index (χ1n) is 9.46. The number of hydrogen-bond donors (Lipinski definition) is 0. The van der Waals surface area contributed by atoms with Crippen LogP contribution in [0.25, 0.3) is 5.69 Å². The van der Waals surface area contributed by atoms with Crippen molar-refractivity contribution in [2.24, 2.45) is 0 Å². The first-order valence-corrected chi connectivity index (χ1v) is 10.2. The van der Waals surface area contributed by atoms with E-state index in [9.17, 15) is 4.79 Å². The van der Waals surface area contributed by atoms with Crippen molar-refractivity contribution in [1.82, 2.24) is 14.7 Å². The number of carbonyl (C=O) groups excluding carboxylic acids is 1. The van der Waals surface area contributed by atoms with Crippen LogP contribution in [-0.2, 0) is 4.74 Å². The molecule has 0 amide bonds. The van der Waals surface area contributed by atoms with Gasteiger partial charge in [0.2, 0.25) is 5.88 Å². The first kappa shape index (κ1) is 21.1. The van der Waals surface area contributed by atoms with Gasteiger partial charge in [-0.2, -0.15) is 0 Å². The van der Waals surface area contributed by atoms with Gasteiger partial charge in [0.25, 0.3) is 0 Å². The third kappa shape index (κ3) is 5.06. The van der Waals surface area contributed by atoms with Crippen LogP contribution >= 0.6 is 23.2 Å². The van der Waals surface area contributed by atoms with Crippen LogP contribution in [-0.4, -0.2) is 59.9 Å². The highest BCUT2D eigenvalue weighted by molar-refractivity contribution is 6.42. The van der Waals surface area contributed by atoms with Crippen LogP contribution in [0.4, 0.5) is 0 Å². The zero-order valence-corrected chi connectivity index (χ0v) is 17.7. The minimum atomic E-state index is -0.0767. The molecule has 0 bridgehead atoms. The van der Waals surface area contributed by atoms with Crippen LogP contribution in [0.5, 0.6) is 5.88 Å². The van der Waals surface area contributed by atoms with E-state index in [2.05, 4.69) is 10.00 Å². The molecule has 0 unspecified atom stereocenters. The second-order valence-corrected chi connectivity index (χ2v) is 7.66. The number of aromatic nitrogens is 2. The average molecular weight is 426 g/mol. The molecule has 1 aliphatic rings. The molecule has 0 aliphatic carbocycles. The summed E-state index contributed by atoms with van der Waals surface area (Å²) in [4.78, 5) is 14.5. The van der Waals surface area contributed by atoms with E-state index < -0.39 is 0 Å². The van der Waals surface area contributed by atoms with E-state index in [1.807, 2.05) is 13.0 Å². The number of benzene rings is 1. The van der Waals surface area contributed by atoms with Gasteiger partial charge < -0.3 is 9.47 Å². The molecular weight excluding hydrogens is 401 g/mol. The van der Waals surface area contributed by atoms with Crippen LogP contribution in [0.2, 0.25) is 10.0 Å². The summed E-state index contributed by atoms with van der Waals surface area (Å²) in [5, 5.41) is 5.41. The zero-order valence-electron chi connectivity index (χ0n) is 16.2. The fourth-order valence-corrected chi connectivity index (χ4v) is 3.57. The van der Waals surface area contributed by atoms with Crippen molar-refractivity contribution in [3.63, 3.8) is 0 Å². The number of ketones is 1. The summed E-state index contributed by atoms with van der Waals surface area (Å²) in [6.45, 7) is 8.51. The van der Waals surface area contributed by atoms with Crippen LogP contribution < -0.4 is 4.74 Å². The van der Waals surface area contributed by atoms with E-state index in [0.717, 1.165) is 51.4 Å². The molecule has 1 aromatic heterocycles. The van der Waals surface area contributed by atoms with Crippen molar-refractivity contribution in [3.05, 3.63) is 39.5 Å². The number of nitrogens with zero attached hydrogens (tertiary/aromatic N) is 3. The maximum Gasteiger partial charge on any atom is 0.244 e. The maximum absolute atomic E-state index is 12.1. The number of rotatable bonds is 8. The molecule has 28 heavy (non-hydrogen) atoms. The lowest BCUT2D eigenvalue weighted by atomic mass is 10.2. The van der Waals surface area contributed by atoms with Gasteiger partial charge in [0.15, 0.2) is 5.78 Å². The normalized spacial score (nSPS) is 15.0. The molecule has 0 N–H and O–H groups in total. The summed E-state index contributed by atoms with van der Waals surface area (Å²) in [5.41, 5.74) is 1.95. The fraction of sp³-hybridized carbons (Fsp3) is 0.500. The molecule has 3 rings (SSSR count). The Morgan fingerprint density at radius 2 is 1.96 bits per heavy atom. The van der Waals surface area contributed by atoms with Crippen LogP contribution in [0.3, 0.4) is 0 Å². The van der Waals surface area contributed by atoms with E-state index in [1.165, 1.54) is 6.92 Å². The average Bonchev–Trinajstić information content (AvgIpc) is 3.01. The minimum Gasteiger partial charge on any atom is -0.476 e. The van der Waals surface area contributed by atoms with E-state index in [-0.39, 0.29) is 5.78 Å².